The standard InChI is InChI=1S/C17H25N3O3S/c1-3-5-8-11(4-2)15-19-20-17(24-15)18-14(21)12-9-6-7-10-13(12)16(22)23/h6-7,11-13H,3-5,8-10H2,1-2H3,(H,22,23)(H,18,20,21)/t11-,12-,13+/m1/s1. The highest BCUT2D eigenvalue weighted by Crippen LogP contribution is 2.31. The summed E-state index contributed by atoms with van der Waals surface area (Å²) in [7, 11) is 0. The van der Waals surface area contributed by atoms with E-state index in [1.807, 2.05) is 12.2 Å². The minimum absolute atomic E-state index is 0.281. The number of hydrogen-bond donors (Lipinski definition) is 2. The van der Waals surface area contributed by atoms with Crippen molar-refractivity contribution in [2.24, 2.45) is 11.8 Å². The van der Waals surface area contributed by atoms with Gasteiger partial charge in [0.15, 0.2) is 0 Å². The van der Waals surface area contributed by atoms with E-state index in [-0.39, 0.29) is 5.91 Å². The van der Waals surface area contributed by atoms with Gasteiger partial charge >= 0.3 is 5.97 Å². The van der Waals surface area contributed by atoms with Crippen LogP contribution in [0, 0.1) is 11.8 Å². The van der Waals surface area contributed by atoms with E-state index in [2.05, 4.69) is 29.4 Å². The third-order valence-corrected chi connectivity index (χ3v) is 5.51. The van der Waals surface area contributed by atoms with Gasteiger partial charge in [0.25, 0.3) is 0 Å². The highest BCUT2D eigenvalue weighted by Gasteiger charge is 2.34. The Balaban J connectivity index is 2.01. The molecule has 0 radical (unpaired) electrons. The van der Waals surface area contributed by atoms with Crippen LogP contribution >= 0.6 is 11.3 Å². The first-order chi connectivity index (χ1) is 11.6. The largest absolute Gasteiger partial charge is 0.481 e. The zero-order valence-corrected chi connectivity index (χ0v) is 15.0. The third-order valence-electron chi connectivity index (χ3n) is 4.51. The molecule has 1 heterocycles. The van der Waals surface area contributed by atoms with E-state index in [4.69, 9.17) is 0 Å². The van der Waals surface area contributed by atoms with Gasteiger partial charge in [-0.2, -0.15) is 0 Å². The molecule has 1 aromatic heterocycles. The lowest BCUT2D eigenvalue weighted by atomic mass is 9.82. The molecule has 6 nitrogen and oxygen atoms in total. The van der Waals surface area contributed by atoms with E-state index in [1.54, 1.807) is 0 Å². The number of nitrogens with zero attached hydrogens (tertiary/aromatic N) is 2. The first-order valence-corrected chi connectivity index (χ1v) is 9.40. The van der Waals surface area contributed by atoms with E-state index in [0.29, 0.717) is 23.9 Å². The number of anilines is 1. The van der Waals surface area contributed by atoms with Gasteiger partial charge < -0.3 is 10.4 Å². The number of carboxylic acid groups (broad SMARTS) is 1. The Kier molecular flexibility index (Phi) is 6.90. The lowest BCUT2D eigenvalue weighted by Crippen LogP contribution is -2.34. The molecule has 0 unspecified atom stereocenters. The Labute approximate surface area is 146 Å². The fourth-order valence-electron chi connectivity index (χ4n) is 2.98. The van der Waals surface area contributed by atoms with Crippen molar-refractivity contribution < 1.29 is 14.7 Å². The zero-order chi connectivity index (χ0) is 17.5. The summed E-state index contributed by atoms with van der Waals surface area (Å²) in [6.45, 7) is 4.29. The highest BCUT2D eigenvalue weighted by atomic mass is 32.1. The fourth-order valence-corrected chi connectivity index (χ4v) is 3.94. The summed E-state index contributed by atoms with van der Waals surface area (Å²) < 4.78 is 0. The number of allylic oxidation sites excluding steroid dienone is 2. The number of carbonyl (C=O) groups is 2. The molecular weight excluding hydrogens is 326 g/mol. The molecule has 0 aliphatic heterocycles. The number of rotatable bonds is 8. The normalized spacial score (nSPS) is 21.4. The van der Waals surface area contributed by atoms with Gasteiger partial charge in [-0.1, -0.05) is 50.2 Å². The van der Waals surface area contributed by atoms with Crippen LogP contribution in [0.25, 0.3) is 0 Å². The highest BCUT2D eigenvalue weighted by molar-refractivity contribution is 7.15. The maximum absolute atomic E-state index is 12.4. The van der Waals surface area contributed by atoms with Gasteiger partial charge in [-0.05, 0) is 25.7 Å². The van der Waals surface area contributed by atoms with Crippen molar-refractivity contribution >= 4 is 28.3 Å². The van der Waals surface area contributed by atoms with Gasteiger partial charge in [0.05, 0.1) is 11.8 Å². The number of unbranched alkanes of at least 4 members (excludes halogenated alkanes) is 1. The molecule has 0 bridgehead atoms. The fraction of sp³-hybridized carbons (Fsp3) is 0.647. The van der Waals surface area contributed by atoms with Crippen molar-refractivity contribution in [3.63, 3.8) is 0 Å². The molecule has 7 heteroatoms. The molecule has 0 saturated carbocycles. The molecule has 2 rings (SSSR count). The number of aromatic nitrogens is 2. The molecule has 0 saturated heterocycles. The number of carbonyl (C=O) groups excluding carboxylic acids is 1. The van der Waals surface area contributed by atoms with Gasteiger partial charge in [-0.15, -0.1) is 10.2 Å². The van der Waals surface area contributed by atoms with Crippen molar-refractivity contribution in [2.75, 3.05) is 5.32 Å². The molecule has 24 heavy (non-hydrogen) atoms. The molecule has 1 amide bonds. The monoisotopic (exact) mass is 351 g/mol. The van der Waals surface area contributed by atoms with Gasteiger partial charge in [-0.3, -0.25) is 9.59 Å². The van der Waals surface area contributed by atoms with E-state index in [0.717, 1.165) is 30.7 Å². The summed E-state index contributed by atoms with van der Waals surface area (Å²) in [5, 5.41) is 21.7. The first kappa shape index (κ1) is 18.6. The van der Waals surface area contributed by atoms with Crippen LogP contribution in [0.1, 0.15) is 63.3 Å². The van der Waals surface area contributed by atoms with Crippen molar-refractivity contribution in [3.05, 3.63) is 17.2 Å². The summed E-state index contributed by atoms with van der Waals surface area (Å²) in [6.07, 6.45) is 8.89. The molecule has 0 fully saturated rings. The van der Waals surface area contributed by atoms with Gasteiger partial charge in [0, 0.05) is 5.92 Å². The minimum atomic E-state index is -0.928. The average Bonchev–Trinajstić information content (AvgIpc) is 3.03. The Morgan fingerprint density at radius 1 is 1.29 bits per heavy atom. The zero-order valence-electron chi connectivity index (χ0n) is 14.2. The summed E-state index contributed by atoms with van der Waals surface area (Å²) in [5.41, 5.74) is 0. The second-order valence-corrected chi connectivity index (χ2v) is 7.19. The summed E-state index contributed by atoms with van der Waals surface area (Å²) in [4.78, 5) is 23.7. The Morgan fingerprint density at radius 3 is 2.62 bits per heavy atom. The molecular formula is C17H25N3O3S. The predicted octanol–water partition coefficient (Wildman–Crippen LogP) is 3.83. The van der Waals surface area contributed by atoms with Crippen LogP contribution in [0.2, 0.25) is 0 Å². The summed E-state index contributed by atoms with van der Waals surface area (Å²) in [5.74, 6) is -2.06. The molecule has 132 valence electrons. The molecule has 1 aromatic rings. The molecule has 3 atom stereocenters. The lowest BCUT2D eigenvalue weighted by Gasteiger charge is -2.23. The van der Waals surface area contributed by atoms with Crippen molar-refractivity contribution in [3.8, 4) is 0 Å². The predicted molar refractivity (Wildman–Crippen MR) is 94.1 cm³/mol. The number of amides is 1. The van der Waals surface area contributed by atoms with Gasteiger partial charge in [-0.25, -0.2) is 0 Å². The quantitative estimate of drug-likeness (QED) is 0.695. The van der Waals surface area contributed by atoms with Crippen molar-refractivity contribution in [1.29, 1.82) is 0 Å². The SMILES string of the molecule is CCCC[C@@H](CC)c1nnc(NC(=O)[C@@H]2CC=CC[C@@H]2C(=O)O)s1. The first-order valence-electron chi connectivity index (χ1n) is 8.58. The summed E-state index contributed by atoms with van der Waals surface area (Å²) >= 11 is 1.40. The van der Waals surface area contributed by atoms with E-state index in [9.17, 15) is 14.7 Å². The van der Waals surface area contributed by atoms with Crippen LogP contribution in [0.4, 0.5) is 5.13 Å². The van der Waals surface area contributed by atoms with Crippen LogP contribution in [0.15, 0.2) is 12.2 Å². The molecule has 0 aromatic carbocycles. The van der Waals surface area contributed by atoms with E-state index >= 15 is 0 Å². The van der Waals surface area contributed by atoms with Crippen LogP contribution in [-0.2, 0) is 9.59 Å². The van der Waals surface area contributed by atoms with Crippen molar-refractivity contribution in [2.45, 2.75) is 58.3 Å². The van der Waals surface area contributed by atoms with Gasteiger partial charge in [0.1, 0.15) is 5.01 Å². The second-order valence-electron chi connectivity index (χ2n) is 6.18. The average molecular weight is 351 g/mol. The van der Waals surface area contributed by atoms with Crippen LogP contribution in [0.3, 0.4) is 0 Å². The number of hydrogen-bond acceptors (Lipinski definition) is 5. The topological polar surface area (TPSA) is 92.2 Å². The Hall–Kier alpha value is -1.76. The third kappa shape index (κ3) is 4.63. The number of nitrogens with one attached hydrogen (secondary N) is 1. The van der Waals surface area contributed by atoms with E-state index < -0.39 is 17.8 Å². The van der Waals surface area contributed by atoms with Gasteiger partial charge in [0.2, 0.25) is 11.0 Å². The Morgan fingerprint density at radius 2 is 2.00 bits per heavy atom. The maximum Gasteiger partial charge on any atom is 0.307 e. The van der Waals surface area contributed by atoms with Crippen LogP contribution in [0.5, 0.6) is 0 Å². The van der Waals surface area contributed by atoms with E-state index in [1.165, 1.54) is 11.3 Å². The smallest absolute Gasteiger partial charge is 0.307 e. The maximum atomic E-state index is 12.4. The number of aliphatic carboxylic acids is 1. The minimum Gasteiger partial charge on any atom is -0.481 e. The summed E-state index contributed by atoms with van der Waals surface area (Å²) in [6, 6.07) is 0. The number of carboxylic acids is 1. The van der Waals surface area contributed by atoms with Crippen LogP contribution < -0.4 is 5.32 Å². The van der Waals surface area contributed by atoms with Crippen molar-refractivity contribution in [1.82, 2.24) is 10.2 Å². The second kappa shape index (κ2) is 8.92. The molecule has 1 aliphatic rings. The Bertz CT molecular complexity index is 600. The molecule has 0 spiro atoms. The lowest BCUT2D eigenvalue weighted by molar-refractivity contribution is -0.146. The van der Waals surface area contributed by atoms with Crippen LogP contribution in [-0.4, -0.2) is 27.2 Å². The molecule has 2 N–H and O–H groups in total. The molecule has 1 aliphatic carbocycles.